The smallest absolute Gasteiger partial charge is 0.244 e. The number of nitrogens with zero attached hydrogens (tertiary/aromatic N) is 2. The molecule has 0 spiro atoms. The molecule has 40 heavy (non-hydrogen) atoms. The molecule has 0 saturated heterocycles. The van der Waals surface area contributed by atoms with Crippen molar-refractivity contribution in [1.82, 2.24) is 10.2 Å². The van der Waals surface area contributed by atoms with Crippen molar-refractivity contribution in [3.8, 4) is 0 Å². The van der Waals surface area contributed by atoms with E-state index in [2.05, 4.69) is 5.32 Å². The Morgan fingerprint density at radius 1 is 0.925 bits per heavy atom. The number of amides is 2. The Labute approximate surface area is 247 Å². The van der Waals surface area contributed by atoms with E-state index in [9.17, 15) is 18.0 Å². The highest BCUT2D eigenvalue weighted by molar-refractivity contribution is 7.92. The third-order valence-electron chi connectivity index (χ3n) is 6.45. The lowest BCUT2D eigenvalue weighted by Crippen LogP contribution is -2.53. The maximum absolute atomic E-state index is 14.1. The monoisotopic (exact) mass is 603 g/mol. The highest BCUT2D eigenvalue weighted by Crippen LogP contribution is 2.33. The summed E-state index contributed by atoms with van der Waals surface area (Å²) in [5.74, 6) is -0.849. The summed E-state index contributed by atoms with van der Waals surface area (Å²) in [4.78, 5) is 29.1. The number of rotatable bonds is 13. The fourth-order valence-electron chi connectivity index (χ4n) is 4.23. The average molecular weight is 605 g/mol. The van der Waals surface area contributed by atoms with Gasteiger partial charge in [0.05, 0.1) is 22.0 Å². The van der Waals surface area contributed by atoms with Crippen molar-refractivity contribution < 1.29 is 18.0 Å². The van der Waals surface area contributed by atoms with Crippen LogP contribution in [0.4, 0.5) is 5.69 Å². The predicted molar refractivity (Wildman–Crippen MR) is 162 cm³/mol. The van der Waals surface area contributed by atoms with E-state index in [0.717, 1.165) is 40.1 Å². The minimum absolute atomic E-state index is 0.0191. The molecule has 3 aromatic rings. The zero-order valence-corrected chi connectivity index (χ0v) is 25.3. The first-order valence-electron chi connectivity index (χ1n) is 13.1. The molecule has 3 aromatic carbocycles. The number of hydrogen-bond acceptors (Lipinski definition) is 4. The van der Waals surface area contributed by atoms with Crippen LogP contribution in [0.1, 0.15) is 36.5 Å². The van der Waals surface area contributed by atoms with Crippen LogP contribution in [0.3, 0.4) is 0 Å². The Balaban J connectivity index is 2.05. The van der Waals surface area contributed by atoms with Crippen LogP contribution in [-0.2, 0) is 32.6 Å². The number of carbonyl (C=O) groups is 2. The Morgan fingerprint density at radius 2 is 1.60 bits per heavy atom. The molecule has 1 atom stereocenters. The van der Waals surface area contributed by atoms with Crippen molar-refractivity contribution in [2.45, 2.75) is 45.7 Å². The standard InChI is InChI=1S/C30H35Cl2N3O4S/c1-4-5-18-33-30(37)27(19-23-10-7-6-8-11-23)34(20-24-16-14-22(2)15-17-24)28(36)21-35(40(3,38)39)26-13-9-12-25(31)29(26)32/h6-17,27H,4-5,18-21H2,1-3H3,(H,33,37)/t27-/m0/s1. The van der Waals surface area contributed by atoms with Crippen LogP contribution < -0.4 is 9.62 Å². The topological polar surface area (TPSA) is 86.8 Å². The van der Waals surface area contributed by atoms with E-state index >= 15 is 0 Å². The van der Waals surface area contributed by atoms with E-state index < -0.39 is 28.5 Å². The summed E-state index contributed by atoms with van der Waals surface area (Å²) in [6.07, 6.45) is 2.96. The van der Waals surface area contributed by atoms with Gasteiger partial charge in [0.25, 0.3) is 0 Å². The Morgan fingerprint density at radius 3 is 2.23 bits per heavy atom. The maximum atomic E-state index is 14.1. The Kier molecular flexibility index (Phi) is 11.4. The molecule has 2 amide bonds. The van der Waals surface area contributed by atoms with E-state index in [1.165, 1.54) is 17.0 Å². The second-order valence-corrected chi connectivity index (χ2v) is 12.4. The van der Waals surface area contributed by atoms with Gasteiger partial charge in [-0.1, -0.05) is 103 Å². The molecule has 10 heteroatoms. The maximum Gasteiger partial charge on any atom is 0.244 e. The molecule has 0 aliphatic heterocycles. The minimum atomic E-state index is -3.94. The molecule has 0 saturated carbocycles. The first-order valence-corrected chi connectivity index (χ1v) is 15.7. The van der Waals surface area contributed by atoms with Gasteiger partial charge < -0.3 is 10.2 Å². The van der Waals surface area contributed by atoms with E-state index in [1.54, 1.807) is 6.07 Å². The number of halogens is 2. The lowest BCUT2D eigenvalue weighted by Gasteiger charge is -2.33. The third kappa shape index (κ3) is 8.71. The van der Waals surface area contributed by atoms with Gasteiger partial charge in [-0.3, -0.25) is 13.9 Å². The molecule has 3 rings (SSSR count). The van der Waals surface area contributed by atoms with Crippen molar-refractivity contribution in [3.05, 3.63) is 99.5 Å². The second kappa shape index (κ2) is 14.5. The normalized spacial score (nSPS) is 12.0. The second-order valence-electron chi connectivity index (χ2n) is 9.70. The molecule has 0 unspecified atom stereocenters. The molecule has 0 heterocycles. The molecule has 0 aliphatic carbocycles. The summed E-state index contributed by atoms with van der Waals surface area (Å²) in [6.45, 7) is 4.02. The van der Waals surface area contributed by atoms with Gasteiger partial charge in [0, 0.05) is 19.5 Å². The Hall–Kier alpha value is -3.07. The molecule has 0 bridgehead atoms. The molecular weight excluding hydrogens is 569 g/mol. The Bertz CT molecular complexity index is 1400. The van der Waals surface area contributed by atoms with Crippen LogP contribution in [0.15, 0.2) is 72.8 Å². The number of benzene rings is 3. The van der Waals surface area contributed by atoms with E-state index in [-0.39, 0.29) is 34.6 Å². The van der Waals surface area contributed by atoms with Crippen LogP contribution in [0.2, 0.25) is 10.0 Å². The summed E-state index contributed by atoms with van der Waals surface area (Å²) >= 11 is 12.5. The average Bonchev–Trinajstić information content (AvgIpc) is 2.92. The fraction of sp³-hybridized carbons (Fsp3) is 0.333. The quantitative estimate of drug-likeness (QED) is 0.257. The molecule has 7 nitrogen and oxygen atoms in total. The molecule has 1 N–H and O–H groups in total. The van der Waals surface area contributed by atoms with Crippen molar-refractivity contribution >= 4 is 50.7 Å². The van der Waals surface area contributed by atoms with Gasteiger partial charge in [0.15, 0.2) is 0 Å². The van der Waals surface area contributed by atoms with Gasteiger partial charge in [-0.05, 0) is 36.6 Å². The molecule has 0 aliphatic rings. The third-order valence-corrected chi connectivity index (χ3v) is 8.39. The molecule has 0 radical (unpaired) electrons. The zero-order chi connectivity index (χ0) is 29.3. The SMILES string of the molecule is CCCCNC(=O)[C@H](Cc1ccccc1)N(Cc1ccc(C)cc1)C(=O)CN(c1cccc(Cl)c1Cl)S(C)(=O)=O. The van der Waals surface area contributed by atoms with Crippen LogP contribution in [0.5, 0.6) is 0 Å². The van der Waals surface area contributed by atoms with Crippen molar-refractivity contribution in [3.63, 3.8) is 0 Å². The number of nitrogens with one attached hydrogen (secondary N) is 1. The van der Waals surface area contributed by atoms with E-state index in [0.29, 0.717) is 6.54 Å². The first-order chi connectivity index (χ1) is 19.0. The summed E-state index contributed by atoms with van der Waals surface area (Å²) in [6, 6.07) is 20.8. The molecule has 0 fully saturated rings. The van der Waals surface area contributed by atoms with Gasteiger partial charge in [-0.25, -0.2) is 8.42 Å². The van der Waals surface area contributed by atoms with Crippen LogP contribution in [-0.4, -0.2) is 50.5 Å². The number of hydrogen-bond donors (Lipinski definition) is 1. The van der Waals surface area contributed by atoms with Gasteiger partial charge in [0.1, 0.15) is 12.6 Å². The van der Waals surface area contributed by atoms with E-state index in [4.69, 9.17) is 23.2 Å². The lowest BCUT2D eigenvalue weighted by molar-refractivity contribution is -0.140. The fourth-order valence-corrected chi connectivity index (χ4v) is 5.53. The van der Waals surface area contributed by atoms with Gasteiger partial charge in [-0.2, -0.15) is 0 Å². The van der Waals surface area contributed by atoms with Crippen molar-refractivity contribution in [1.29, 1.82) is 0 Å². The highest BCUT2D eigenvalue weighted by atomic mass is 35.5. The summed E-state index contributed by atoms with van der Waals surface area (Å²) in [5, 5.41) is 3.14. The van der Waals surface area contributed by atoms with E-state index in [1.807, 2.05) is 68.4 Å². The molecule has 214 valence electrons. The summed E-state index contributed by atoms with van der Waals surface area (Å²) in [7, 11) is -3.94. The molecule has 0 aromatic heterocycles. The van der Waals surface area contributed by atoms with Crippen LogP contribution >= 0.6 is 23.2 Å². The highest BCUT2D eigenvalue weighted by Gasteiger charge is 2.33. The van der Waals surface area contributed by atoms with Crippen LogP contribution in [0.25, 0.3) is 0 Å². The number of unbranched alkanes of at least 4 members (excludes halogenated alkanes) is 1. The first kappa shape index (κ1) is 31.5. The number of anilines is 1. The number of sulfonamides is 1. The minimum Gasteiger partial charge on any atom is -0.354 e. The van der Waals surface area contributed by atoms with Gasteiger partial charge in [-0.15, -0.1) is 0 Å². The predicted octanol–water partition coefficient (Wildman–Crippen LogP) is 5.62. The largest absolute Gasteiger partial charge is 0.354 e. The van der Waals surface area contributed by atoms with Gasteiger partial charge >= 0.3 is 0 Å². The van der Waals surface area contributed by atoms with Gasteiger partial charge in [0.2, 0.25) is 21.8 Å². The number of carbonyl (C=O) groups excluding carboxylic acids is 2. The zero-order valence-electron chi connectivity index (χ0n) is 22.9. The molecular formula is C30H35Cl2N3O4S. The summed E-state index contributed by atoms with van der Waals surface area (Å²) < 4.78 is 26.7. The summed E-state index contributed by atoms with van der Waals surface area (Å²) in [5.41, 5.74) is 2.83. The lowest BCUT2D eigenvalue weighted by atomic mass is 10.0. The van der Waals surface area contributed by atoms with Crippen LogP contribution in [0, 0.1) is 6.92 Å². The van der Waals surface area contributed by atoms with Crippen molar-refractivity contribution in [2.75, 3.05) is 23.7 Å². The van der Waals surface area contributed by atoms with Crippen molar-refractivity contribution in [2.24, 2.45) is 0 Å². The number of aryl methyl sites for hydroxylation is 1.